The van der Waals surface area contributed by atoms with Crippen molar-refractivity contribution in [2.45, 2.75) is 25.7 Å². The van der Waals surface area contributed by atoms with Gasteiger partial charge in [-0.1, -0.05) is 26.8 Å². The van der Waals surface area contributed by atoms with Gasteiger partial charge in [0.05, 0.1) is 4.90 Å². The van der Waals surface area contributed by atoms with Gasteiger partial charge in [-0.15, -0.1) is 0 Å². The quantitative estimate of drug-likeness (QED) is 0.819. The standard InChI is InChI=1S/C12H20N2O2S/c1-4-14(9-10(2)3)17(15,16)12-7-5-6-11(13)8-12/h5-8,10H,4,9,13H2,1-3H3. The minimum Gasteiger partial charge on any atom is -0.399 e. The Labute approximate surface area is 103 Å². The van der Waals surface area contributed by atoms with Crippen LogP contribution in [0.15, 0.2) is 29.2 Å². The van der Waals surface area contributed by atoms with Crippen molar-refractivity contribution >= 4 is 15.7 Å². The molecule has 5 heteroatoms. The molecular formula is C12H20N2O2S. The molecule has 0 fully saturated rings. The van der Waals surface area contributed by atoms with E-state index in [4.69, 9.17) is 5.73 Å². The van der Waals surface area contributed by atoms with Crippen molar-refractivity contribution in [1.82, 2.24) is 4.31 Å². The first kappa shape index (κ1) is 14.0. The first-order valence-electron chi connectivity index (χ1n) is 5.73. The van der Waals surface area contributed by atoms with Crippen molar-refractivity contribution in [3.8, 4) is 0 Å². The number of benzene rings is 1. The monoisotopic (exact) mass is 256 g/mol. The fraction of sp³-hybridized carbons (Fsp3) is 0.500. The zero-order valence-corrected chi connectivity index (χ0v) is 11.4. The van der Waals surface area contributed by atoms with Gasteiger partial charge in [-0.25, -0.2) is 8.42 Å². The molecule has 4 nitrogen and oxygen atoms in total. The van der Waals surface area contributed by atoms with Crippen molar-refractivity contribution in [3.05, 3.63) is 24.3 Å². The Morgan fingerprint density at radius 2 is 2.00 bits per heavy atom. The number of sulfonamides is 1. The molecule has 0 aliphatic rings. The summed E-state index contributed by atoms with van der Waals surface area (Å²) in [7, 11) is -3.42. The molecule has 1 rings (SSSR count). The average Bonchev–Trinajstić information content (AvgIpc) is 2.25. The van der Waals surface area contributed by atoms with Gasteiger partial charge in [0.2, 0.25) is 10.0 Å². The van der Waals surface area contributed by atoms with Crippen molar-refractivity contribution in [3.63, 3.8) is 0 Å². The fourth-order valence-corrected chi connectivity index (χ4v) is 3.30. The van der Waals surface area contributed by atoms with Crippen LogP contribution in [0.4, 0.5) is 5.69 Å². The average molecular weight is 256 g/mol. The lowest BCUT2D eigenvalue weighted by atomic mass is 10.2. The van der Waals surface area contributed by atoms with Crippen LogP contribution in [0.5, 0.6) is 0 Å². The summed E-state index contributed by atoms with van der Waals surface area (Å²) in [5.41, 5.74) is 6.08. The van der Waals surface area contributed by atoms with E-state index < -0.39 is 10.0 Å². The van der Waals surface area contributed by atoms with Gasteiger partial charge in [-0.05, 0) is 24.1 Å². The van der Waals surface area contributed by atoms with Crippen LogP contribution in [0.25, 0.3) is 0 Å². The molecule has 0 heterocycles. The number of nitrogens with two attached hydrogens (primary N) is 1. The third-order valence-corrected chi connectivity index (χ3v) is 4.35. The normalized spacial score (nSPS) is 12.3. The maximum absolute atomic E-state index is 12.3. The second-order valence-electron chi connectivity index (χ2n) is 4.42. The maximum Gasteiger partial charge on any atom is 0.243 e. The van der Waals surface area contributed by atoms with E-state index in [2.05, 4.69) is 0 Å². The molecular weight excluding hydrogens is 236 g/mol. The van der Waals surface area contributed by atoms with Gasteiger partial charge in [0.1, 0.15) is 0 Å². The summed E-state index contributed by atoms with van der Waals surface area (Å²) in [6, 6.07) is 6.41. The molecule has 0 unspecified atom stereocenters. The second kappa shape index (κ2) is 5.51. The molecule has 2 N–H and O–H groups in total. The third kappa shape index (κ3) is 3.44. The predicted octanol–water partition coefficient (Wildman–Crippen LogP) is 1.94. The SMILES string of the molecule is CCN(CC(C)C)S(=O)(=O)c1cccc(N)c1. The molecule has 1 aromatic rings. The summed E-state index contributed by atoms with van der Waals surface area (Å²) in [6.07, 6.45) is 0. The Morgan fingerprint density at radius 3 is 2.47 bits per heavy atom. The summed E-state index contributed by atoms with van der Waals surface area (Å²) in [5.74, 6) is 0.297. The van der Waals surface area contributed by atoms with E-state index >= 15 is 0 Å². The lowest BCUT2D eigenvalue weighted by Crippen LogP contribution is -2.34. The van der Waals surface area contributed by atoms with Gasteiger partial charge in [0.25, 0.3) is 0 Å². The maximum atomic E-state index is 12.3. The molecule has 0 saturated carbocycles. The third-order valence-electron chi connectivity index (χ3n) is 2.42. The number of anilines is 1. The molecule has 0 aromatic heterocycles. The summed E-state index contributed by atoms with van der Waals surface area (Å²) in [6.45, 7) is 6.82. The van der Waals surface area contributed by atoms with E-state index in [0.29, 0.717) is 24.7 Å². The summed E-state index contributed by atoms with van der Waals surface area (Å²) in [4.78, 5) is 0.264. The van der Waals surface area contributed by atoms with Crippen LogP contribution >= 0.6 is 0 Å². The Kier molecular flexibility index (Phi) is 4.54. The van der Waals surface area contributed by atoms with Gasteiger partial charge in [0, 0.05) is 18.8 Å². The topological polar surface area (TPSA) is 63.4 Å². The summed E-state index contributed by atoms with van der Waals surface area (Å²) >= 11 is 0. The van der Waals surface area contributed by atoms with Crippen LogP contribution in [0.1, 0.15) is 20.8 Å². The zero-order valence-electron chi connectivity index (χ0n) is 10.6. The first-order chi connectivity index (χ1) is 7.87. The van der Waals surface area contributed by atoms with E-state index in [1.54, 1.807) is 18.2 Å². The molecule has 0 aliphatic heterocycles. The zero-order chi connectivity index (χ0) is 13.1. The van der Waals surface area contributed by atoms with E-state index in [1.165, 1.54) is 10.4 Å². The molecule has 0 amide bonds. The highest BCUT2D eigenvalue weighted by molar-refractivity contribution is 7.89. The molecule has 1 aromatic carbocycles. The number of rotatable bonds is 5. The van der Waals surface area contributed by atoms with Gasteiger partial charge < -0.3 is 5.73 Å². The van der Waals surface area contributed by atoms with Crippen molar-refractivity contribution in [1.29, 1.82) is 0 Å². The van der Waals surface area contributed by atoms with Crippen LogP contribution in [0.3, 0.4) is 0 Å². The number of hydrogen-bond acceptors (Lipinski definition) is 3. The van der Waals surface area contributed by atoms with Crippen molar-refractivity contribution in [2.24, 2.45) is 5.92 Å². The summed E-state index contributed by atoms with van der Waals surface area (Å²) < 4.78 is 26.1. The summed E-state index contributed by atoms with van der Waals surface area (Å²) in [5, 5.41) is 0. The van der Waals surface area contributed by atoms with Gasteiger partial charge in [0.15, 0.2) is 0 Å². The predicted molar refractivity (Wildman–Crippen MR) is 70.1 cm³/mol. The first-order valence-corrected chi connectivity index (χ1v) is 7.17. The van der Waals surface area contributed by atoms with Gasteiger partial charge >= 0.3 is 0 Å². The molecule has 0 bridgehead atoms. The molecule has 17 heavy (non-hydrogen) atoms. The smallest absolute Gasteiger partial charge is 0.243 e. The number of hydrogen-bond donors (Lipinski definition) is 1. The van der Waals surface area contributed by atoms with Crippen LogP contribution in [-0.4, -0.2) is 25.8 Å². The second-order valence-corrected chi connectivity index (χ2v) is 6.36. The Morgan fingerprint density at radius 1 is 1.35 bits per heavy atom. The Balaban J connectivity index is 3.08. The van der Waals surface area contributed by atoms with E-state index in [-0.39, 0.29) is 4.90 Å². The van der Waals surface area contributed by atoms with E-state index in [0.717, 1.165) is 0 Å². The minimum atomic E-state index is -3.42. The minimum absolute atomic E-state index is 0.264. The van der Waals surface area contributed by atoms with Crippen LogP contribution in [0, 0.1) is 5.92 Å². The van der Waals surface area contributed by atoms with Gasteiger partial charge in [-0.3, -0.25) is 0 Å². The molecule has 96 valence electrons. The van der Waals surface area contributed by atoms with Gasteiger partial charge in [-0.2, -0.15) is 4.31 Å². The lowest BCUT2D eigenvalue weighted by molar-refractivity contribution is 0.381. The van der Waals surface area contributed by atoms with Crippen LogP contribution < -0.4 is 5.73 Å². The van der Waals surface area contributed by atoms with E-state index in [9.17, 15) is 8.42 Å². The number of nitrogens with zero attached hydrogens (tertiary/aromatic N) is 1. The van der Waals surface area contributed by atoms with Crippen LogP contribution in [-0.2, 0) is 10.0 Å². The molecule has 0 aliphatic carbocycles. The Hall–Kier alpha value is -1.07. The molecule has 0 saturated heterocycles. The van der Waals surface area contributed by atoms with Crippen LogP contribution in [0.2, 0.25) is 0 Å². The van der Waals surface area contributed by atoms with E-state index in [1.807, 2.05) is 20.8 Å². The Bertz CT molecular complexity index is 469. The highest BCUT2D eigenvalue weighted by Crippen LogP contribution is 2.18. The molecule has 0 atom stereocenters. The highest BCUT2D eigenvalue weighted by Gasteiger charge is 2.23. The van der Waals surface area contributed by atoms with Crippen molar-refractivity contribution in [2.75, 3.05) is 18.8 Å². The highest BCUT2D eigenvalue weighted by atomic mass is 32.2. The number of nitrogen functional groups attached to an aromatic ring is 1. The fourth-order valence-electron chi connectivity index (χ4n) is 1.63. The lowest BCUT2D eigenvalue weighted by Gasteiger charge is -2.22. The molecule has 0 radical (unpaired) electrons. The largest absolute Gasteiger partial charge is 0.399 e. The van der Waals surface area contributed by atoms with Crippen molar-refractivity contribution < 1.29 is 8.42 Å². The molecule has 0 spiro atoms.